The van der Waals surface area contributed by atoms with Gasteiger partial charge < -0.3 is 19.9 Å². The van der Waals surface area contributed by atoms with Gasteiger partial charge in [0.05, 0.1) is 6.61 Å². The topological polar surface area (TPSA) is 114 Å². The number of amides is 1. The average Bonchev–Trinajstić information content (AvgIpc) is 3.17. The Balaban J connectivity index is 1.97. The Labute approximate surface area is 187 Å². The first-order valence-corrected chi connectivity index (χ1v) is 11.4. The summed E-state index contributed by atoms with van der Waals surface area (Å²) >= 11 is 0. The highest BCUT2D eigenvalue weighted by Crippen LogP contribution is 2.31. The molecule has 1 unspecified atom stereocenters. The summed E-state index contributed by atoms with van der Waals surface area (Å²) in [4.78, 5) is 13.1. The van der Waals surface area contributed by atoms with Gasteiger partial charge in [-0.15, -0.1) is 0 Å². The number of ether oxygens (including phenoxy) is 1. The summed E-state index contributed by atoms with van der Waals surface area (Å²) in [6.45, 7) is 3.82. The van der Waals surface area contributed by atoms with E-state index >= 15 is 0 Å². The van der Waals surface area contributed by atoms with E-state index in [0.717, 1.165) is 4.31 Å². The Morgan fingerprint density at radius 1 is 1.16 bits per heavy atom. The maximum Gasteiger partial charge on any atom is 0.252 e. The van der Waals surface area contributed by atoms with Crippen LogP contribution < -0.4 is 15.4 Å². The van der Waals surface area contributed by atoms with Crippen LogP contribution in [0.2, 0.25) is 0 Å². The van der Waals surface area contributed by atoms with Crippen molar-refractivity contribution in [1.82, 2.24) is 9.46 Å². The van der Waals surface area contributed by atoms with Gasteiger partial charge >= 0.3 is 0 Å². The van der Waals surface area contributed by atoms with Crippen LogP contribution in [0.1, 0.15) is 24.3 Å². The Kier molecular flexibility index (Phi) is 7.16. The average molecular weight is 459 g/mol. The van der Waals surface area contributed by atoms with Gasteiger partial charge in [0.25, 0.3) is 5.91 Å². The fraction of sp³-hybridized carbons (Fsp3) is 0.273. The minimum Gasteiger partial charge on any atom is -0.492 e. The first-order valence-electron chi connectivity index (χ1n) is 9.97. The highest BCUT2D eigenvalue weighted by Gasteiger charge is 2.26. The molecule has 0 aliphatic rings. The Bertz CT molecular complexity index is 1180. The minimum atomic E-state index is -3.77. The highest BCUT2D eigenvalue weighted by molar-refractivity contribution is 7.89. The van der Waals surface area contributed by atoms with E-state index in [4.69, 9.17) is 9.26 Å². The van der Waals surface area contributed by atoms with Crippen LogP contribution in [0.4, 0.5) is 11.5 Å². The maximum atomic E-state index is 13.1. The summed E-state index contributed by atoms with van der Waals surface area (Å²) in [5.74, 6) is 0.716. The smallest absolute Gasteiger partial charge is 0.252 e. The minimum absolute atomic E-state index is 0.00805. The van der Waals surface area contributed by atoms with Crippen molar-refractivity contribution in [2.75, 3.05) is 31.3 Å². The van der Waals surface area contributed by atoms with Gasteiger partial charge in [0, 0.05) is 25.8 Å². The lowest BCUT2D eigenvalue weighted by molar-refractivity contribution is -0.117. The number of rotatable bonds is 9. The van der Waals surface area contributed by atoms with Crippen molar-refractivity contribution in [1.29, 1.82) is 0 Å². The van der Waals surface area contributed by atoms with Gasteiger partial charge in [0.15, 0.2) is 5.82 Å². The fourth-order valence-corrected chi connectivity index (χ4v) is 4.06. The molecule has 0 fully saturated rings. The van der Waals surface area contributed by atoms with E-state index in [-0.39, 0.29) is 22.4 Å². The fourth-order valence-electron chi connectivity index (χ4n) is 3.01. The molecule has 2 aromatic carbocycles. The van der Waals surface area contributed by atoms with Gasteiger partial charge in [-0.1, -0.05) is 35.5 Å². The molecule has 9 nitrogen and oxygen atoms in total. The molecular weight excluding hydrogens is 432 g/mol. The standard InChI is InChI=1S/C22H26N4O5S/c1-5-30-18-12-11-17(14-19(18)32(28,29)26(3)4)23-21(16-9-7-6-8-10-16)22(27)24-20-13-15(2)31-25-20/h6-14,21,23H,5H2,1-4H3,(H,24,25,27). The van der Waals surface area contributed by atoms with Gasteiger partial charge in [0.2, 0.25) is 10.0 Å². The molecule has 32 heavy (non-hydrogen) atoms. The predicted octanol–water partition coefficient (Wildman–Crippen LogP) is 3.42. The van der Waals surface area contributed by atoms with Crippen molar-refractivity contribution >= 4 is 27.4 Å². The highest BCUT2D eigenvalue weighted by atomic mass is 32.2. The number of aryl methyl sites for hydroxylation is 1. The lowest BCUT2D eigenvalue weighted by Gasteiger charge is -2.21. The number of carbonyl (C=O) groups is 1. The summed E-state index contributed by atoms with van der Waals surface area (Å²) < 4.78 is 37.3. The molecule has 1 heterocycles. The third kappa shape index (κ3) is 5.27. The summed E-state index contributed by atoms with van der Waals surface area (Å²) in [6, 6.07) is 14.6. The molecule has 1 atom stereocenters. The van der Waals surface area contributed by atoms with Crippen LogP contribution in [-0.4, -0.2) is 44.5 Å². The van der Waals surface area contributed by atoms with Crippen LogP contribution in [0.3, 0.4) is 0 Å². The maximum absolute atomic E-state index is 13.1. The van der Waals surface area contributed by atoms with Crippen molar-refractivity contribution < 1.29 is 22.5 Å². The molecule has 170 valence electrons. The second kappa shape index (κ2) is 9.84. The number of aromatic nitrogens is 1. The van der Waals surface area contributed by atoms with Gasteiger partial charge in [-0.05, 0) is 37.6 Å². The first kappa shape index (κ1) is 23.3. The van der Waals surface area contributed by atoms with Gasteiger partial charge in [-0.25, -0.2) is 12.7 Å². The summed E-state index contributed by atoms with van der Waals surface area (Å²) in [5, 5.41) is 9.65. The normalized spacial score (nSPS) is 12.4. The molecule has 0 spiro atoms. The van der Waals surface area contributed by atoms with Crippen LogP contribution in [0.15, 0.2) is 64.0 Å². The van der Waals surface area contributed by atoms with Crippen LogP contribution in [0, 0.1) is 6.92 Å². The van der Waals surface area contributed by atoms with Crippen molar-refractivity contribution in [2.45, 2.75) is 24.8 Å². The number of nitrogens with one attached hydrogen (secondary N) is 2. The zero-order chi connectivity index (χ0) is 23.3. The number of hydrogen-bond donors (Lipinski definition) is 2. The van der Waals surface area contributed by atoms with E-state index in [1.807, 2.05) is 18.2 Å². The molecule has 3 aromatic rings. The first-order chi connectivity index (χ1) is 15.2. The Hall–Kier alpha value is -3.37. The van der Waals surface area contributed by atoms with E-state index in [9.17, 15) is 13.2 Å². The molecule has 0 aliphatic carbocycles. The molecule has 0 saturated heterocycles. The number of benzene rings is 2. The Morgan fingerprint density at radius 2 is 1.88 bits per heavy atom. The van der Waals surface area contributed by atoms with Gasteiger partial charge in [0.1, 0.15) is 22.4 Å². The molecule has 0 aliphatic heterocycles. The lowest BCUT2D eigenvalue weighted by atomic mass is 10.1. The monoisotopic (exact) mass is 458 g/mol. The number of carbonyl (C=O) groups excluding carboxylic acids is 1. The Morgan fingerprint density at radius 3 is 2.47 bits per heavy atom. The van der Waals surface area contributed by atoms with E-state index in [0.29, 0.717) is 23.6 Å². The summed E-state index contributed by atoms with van der Waals surface area (Å²) in [7, 11) is -0.874. The van der Waals surface area contributed by atoms with Gasteiger partial charge in [-0.2, -0.15) is 0 Å². The van der Waals surface area contributed by atoms with Crippen LogP contribution in [0.25, 0.3) is 0 Å². The zero-order valence-electron chi connectivity index (χ0n) is 18.3. The molecule has 1 amide bonds. The van der Waals surface area contributed by atoms with E-state index < -0.39 is 16.1 Å². The molecule has 0 saturated carbocycles. The molecule has 10 heteroatoms. The predicted molar refractivity (Wildman–Crippen MR) is 121 cm³/mol. The third-order valence-electron chi connectivity index (χ3n) is 4.59. The lowest BCUT2D eigenvalue weighted by Crippen LogP contribution is -2.28. The molecule has 0 radical (unpaired) electrons. The number of hydrogen-bond acceptors (Lipinski definition) is 7. The number of nitrogens with zero attached hydrogens (tertiary/aromatic N) is 2. The van der Waals surface area contributed by atoms with Crippen molar-refractivity contribution in [3.05, 3.63) is 65.9 Å². The second-order valence-electron chi connectivity index (χ2n) is 7.18. The molecule has 2 N–H and O–H groups in total. The van der Waals surface area contributed by atoms with Crippen LogP contribution in [0.5, 0.6) is 5.75 Å². The molecular formula is C22H26N4O5S. The summed E-state index contributed by atoms with van der Waals surface area (Å²) in [6.07, 6.45) is 0. The third-order valence-corrected chi connectivity index (χ3v) is 6.42. The van der Waals surface area contributed by atoms with Gasteiger partial charge in [-0.3, -0.25) is 4.79 Å². The zero-order valence-corrected chi connectivity index (χ0v) is 19.1. The van der Waals surface area contributed by atoms with Crippen molar-refractivity contribution in [2.24, 2.45) is 0 Å². The van der Waals surface area contributed by atoms with Crippen LogP contribution in [-0.2, 0) is 14.8 Å². The van der Waals surface area contributed by atoms with E-state index in [2.05, 4.69) is 15.8 Å². The number of anilines is 2. The van der Waals surface area contributed by atoms with Crippen LogP contribution >= 0.6 is 0 Å². The van der Waals surface area contributed by atoms with Crippen molar-refractivity contribution in [3.8, 4) is 5.75 Å². The quantitative estimate of drug-likeness (QED) is 0.505. The SMILES string of the molecule is CCOc1ccc(NC(C(=O)Nc2cc(C)on2)c2ccccc2)cc1S(=O)(=O)N(C)C. The van der Waals surface area contributed by atoms with E-state index in [1.165, 1.54) is 20.2 Å². The largest absolute Gasteiger partial charge is 0.492 e. The molecule has 3 rings (SSSR count). The van der Waals surface area contributed by atoms with Crippen molar-refractivity contribution in [3.63, 3.8) is 0 Å². The second-order valence-corrected chi connectivity index (χ2v) is 9.30. The van der Waals surface area contributed by atoms with E-state index in [1.54, 1.807) is 44.2 Å². The molecule has 1 aromatic heterocycles. The summed E-state index contributed by atoms with van der Waals surface area (Å²) in [5.41, 5.74) is 1.13. The number of sulfonamides is 1. The molecule has 0 bridgehead atoms.